The van der Waals surface area contributed by atoms with E-state index in [9.17, 15) is 9.90 Å². The minimum absolute atomic E-state index is 0.613. The molecule has 0 bridgehead atoms. The lowest BCUT2D eigenvalue weighted by Gasteiger charge is -2.32. The van der Waals surface area contributed by atoms with Gasteiger partial charge in [0.1, 0.15) is 0 Å². The second-order valence-electron chi connectivity index (χ2n) is 4.88. The Morgan fingerprint density at radius 3 is 2.31 bits per heavy atom. The average Bonchev–Trinajstić information content (AvgIpc) is 2.05. The van der Waals surface area contributed by atoms with Crippen molar-refractivity contribution in [1.82, 2.24) is 0 Å². The summed E-state index contributed by atoms with van der Waals surface area (Å²) in [6.07, 6.45) is 7.06. The van der Waals surface area contributed by atoms with E-state index in [4.69, 9.17) is 0 Å². The highest BCUT2D eigenvalue weighted by Gasteiger charge is 2.25. The van der Waals surface area contributed by atoms with Crippen LogP contribution in [0.3, 0.4) is 0 Å². The van der Waals surface area contributed by atoms with E-state index < -0.39 is 11.4 Å². The Morgan fingerprint density at radius 1 is 1.31 bits per heavy atom. The van der Waals surface area contributed by atoms with E-state index >= 15 is 0 Å². The molecular weight excluding hydrogens is 164 g/mol. The first-order chi connectivity index (χ1) is 6.02. The van der Waals surface area contributed by atoms with E-state index in [1.165, 1.54) is 32.1 Å². The fourth-order valence-electron chi connectivity index (χ4n) is 2.20. The summed E-state index contributed by atoms with van der Waals surface area (Å²) in [5.74, 6) is -0.292. The first-order valence-corrected chi connectivity index (χ1v) is 5.24. The molecule has 0 N–H and O–H groups in total. The molecule has 76 valence electrons. The number of rotatable bonds is 3. The summed E-state index contributed by atoms with van der Waals surface area (Å²) in [4.78, 5) is 10.8. The highest BCUT2D eigenvalue weighted by Crippen LogP contribution is 2.33. The summed E-state index contributed by atoms with van der Waals surface area (Å²) in [5, 5.41) is 10.8. The number of carbonyl (C=O) groups is 1. The zero-order chi connectivity index (χ0) is 9.90. The van der Waals surface area contributed by atoms with Crippen molar-refractivity contribution in [3.05, 3.63) is 0 Å². The largest absolute Gasteiger partial charge is 0.550 e. The first-order valence-electron chi connectivity index (χ1n) is 5.24. The summed E-state index contributed by atoms with van der Waals surface area (Å²) in [6.45, 7) is 3.55. The summed E-state index contributed by atoms with van der Waals surface area (Å²) in [7, 11) is 0. The molecule has 0 aromatic rings. The molecular formula is C11H19O2-. The second kappa shape index (κ2) is 4.12. The molecule has 0 saturated heterocycles. The van der Waals surface area contributed by atoms with Crippen molar-refractivity contribution >= 4 is 5.97 Å². The van der Waals surface area contributed by atoms with Gasteiger partial charge in [0.15, 0.2) is 0 Å². The molecule has 2 nitrogen and oxygen atoms in total. The molecule has 0 atom stereocenters. The number of carbonyl (C=O) groups excluding carboxylic acids is 1. The summed E-state index contributed by atoms with van der Waals surface area (Å²) >= 11 is 0. The minimum Gasteiger partial charge on any atom is -0.550 e. The van der Waals surface area contributed by atoms with Crippen molar-refractivity contribution in [1.29, 1.82) is 0 Å². The summed E-state index contributed by atoms with van der Waals surface area (Å²) in [5.41, 5.74) is -0.637. The van der Waals surface area contributed by atoms with Crippen molar-refractivity contribution in [2.24, 2.45) is 11.3 Å². The van der Waals surface area contributed by atoms with Crippen LogP contribution in [0.4, 0.5) is 0 Å². The molecule has 13 heavy (non-hydrogen) atoms. The SMILES string of the molecule is CC(C)(CC1CCCCC1)C(=O)[O-]. The molecule has 0 spiro atoms. The van der Waals surface area contributed by atoms with Crippen molar-refractivity contribution in [3.63, 3.8) is 0 Å². The monoisotopic (exact) mass is 183 g/mol. The van der Waals surface area contributed by atoms with Gasteiger partial charge in [-0.3, -0.25) is 0 Å². The van der Waals surface area contributed by atoms with Crippen molar-refractivity contribution in [2.45, 2.75) is 52.4 Å². The van der Waals surface area contributed by atoms with Crippen LogP contribution in [0.2, 0.25) is 0 Å². The highest BCUT2D eigenvalue weighted by molar-refractivity contribution is 5.71. The Kier molecular flexibility index (Phi) is 3.34. The number of hydrogen-bond donors (Lipinski definition) is 0. The van der Waals surface area contributed by atoms with Gasteiger partial charge < -0.3 is 9.90 Å². The molecule has 0 heterocycles. The standard InChI is InChI=1S/C11H20O2/c1-11(2,10(12)13)8-9-6-4-3-5-7-9/h9H,3-8H2,1-2H3,(H,12,13)/p-1. The average molecular weight is 183 g/mol. The third kappa shape index (κ3) is 3.02. The van der Waals surface area contributed by atoms with Crippen LogP contribution in [0.1, 0.15) is 52.4 Å². The predicted molar refractivity (Wildman–Crippen MR) is 50.0 cm³/mol. The van der Waals surface area contributed by atoms with E-state index in [1.807, 2.05) is 0 Å². The minimum atomic E-state index is -0.905. The molecule has 1 fully saturated rings. The van der Waals surface area contributed by atoms with Crippen LogP contribution in [0, 0.1) is 11.3 Å². The molecule has 1 aliphatic rings. The van der Waals surface area contributed by atoms with Gasteiger partial charge in [-0.25, -0.2) is 0 Å². The van der Waals surface area contributed by atoms with Crippen LogP contribution in [0.5, 0.6) is 0 Å². The number of carboxylic acids is 1. The van der Waals surface area contributed by atoms with Crippen LogP contribution in [-0.4, -0.2) is 5.97 Å². The Hall–Kier alpha value is -0.530. The third-order valence-corrected chi connectivity index (χ3v) is 3.08. The molecule has 0 aliphatic heterocycles. The maximum Gasteiger partial charge on any atom is 0.0470 e. The third-order valence-electron chi connectivity index (χ3n) is 3.08. The zero-order valence-electron chi connectivity index (χ0n) is 8.64. The van der Waals surface area contributed by atoms with Gasteiger partial charge in [0, 0.05) is 11.4 Å². The molecule has 0 aromatic heterocycles. The van der Waals surface area contributed by atoms with Gasteiger partial charge in [-0.05, 0) is 12.3 Å². The van der Waals surface area contributed by atoms with E-state index in [-0.39, 0.29) is 0 Å². The lowest BCUT2D eigenvalue weighted by molar-refractivity contribution is -0.318. The van der Waals surface area contributed by atoms with E-state index in [0.717, 1.165) is 6.42 Å². The Morgan fingerprint density at radius 2 is 1.85 bits per heavy atom. The number of hydrogen-bond acceptors (Lipinski definition) is 2. The van der Waals surface area contributed by atoms with Crippen LogP contribution in [0.15, 0.2) is 0 Å². The van der Waals surface area contributed by atoms with Crippen LogP contribution >= 0.6 is 0 Å². The lowest BCUT2D eigenvalue weighted by atomic mass is 9.77. The lowest BCUT2D eigenvalue weighted by Crippen LogP contribution is -2.39. The molecule has 2 heteroatoms. The van der Waals surface area contributed by atoms with Gasteiger partial charge in [0.05, 0.1) is 0 Å². The normalized spacial score (nSPS) is 20.2. The molecule has 1 rings (SSSR count). The van der Waals surface area contributed by atoms with Crippen LogP contribution < -0.4 is 5.11 Å². The van der Waals surface area contributed by atoms with Gasteiger partial charge in [0.25, 0.3) is 0 Å². The van der Waals surface area contributed by atoms with Gasteiger partial charge >= 0.3 is 0 Å². The van der Waals surface area contributed by atoms with E-state index in [1.54, 1.807) is 13.8 Å². The molecule has 0 radical (unpaired) electrons. The van der Waals surface area contributed by atoms with Gasteiger partial charge in [-0.2, -0.15) is 0 Å². The molecule has 0 unspecified atom stereocenters. The Balaban J connectivity index is 2.41. The molecule has 1 aliphatic carbocycles. The summed E-state index contributed by atoms with van der Waals surface area (Å²) < 4.78 is 0. The van der Waals surface area contributed by atoms with E-state index in [0.29, 0.717) is 5.92 Å². The topological polar surface area (TPSA) is 40.1 Å². The van der Waals surface area contributed by atoms with Gasteiger partial charge in [-0.15, -0.1) is 0 Å². The maximum absolute atomic E-state index is 10.8. The molecule has 0 amide bonds. The molecule has 1 saturated carbocycles. The highest BCUT2D eigenvalue weighted by atomic mass is 16.4. The smallest absolute Gasteiger partial charge is 0.0470 e. The van der Waals surface area contributed by atoms with Crippen LogP contribution in [0.25, 0.3) is 0 Å². The van der Waals surface area contributed by atoms with Crippen molar-refractivity contribution < 1.29 is 9.90 Å². The number of carboxylic acid groups (broad SMARTS) is 1. The quantitative estimate of drug-likeness (QED) is 0.668. The Bertz CT molecular complexity index is 179. The fourth-order valence-corrected chi connectivity index (χ4v) is 2.20. The second-order valence-corrected chi connectivity index (χ2v) is 4.88. The number of aliphatic carboxylic acids is 1. The van der Waals surface area contributed by atoms with E-state index in [2.05, 4.69) is 0 Å². The fraction of sp³-hybridized carbons (Fsp3) is 0.909. The van der Waals surface area contributed by atoms with Crippen LogP contribution in [-0.2, 0) is 4.79 Å². The van der Waals surface area contributed by atoms with Gasteiger partial charge in [-0.1, -0.05) is 46.0 Å². The Labute approximate surface area is 80.3 Å². The van der Waals surface area contributed by atoms with Crippen molar-refractivity contribution in [2.75, 3.05) is 0 Å². The zero-order valence-corrected chi connectivity index (χ0v) is 8.64. The summed E-state index contributed by atoms with van der Waals surface area (Å²) in [6, 6.07) is 0. The first kappa shape index (κ1) is 10.6. The maximum atomic E-state index is 10.8. The predicted octanol–water partition coefficient (Wildman–Crippen LogP) is 1.73. The van der Waals surface area contributed by atoms with Gasteiger partial charge in [0.2, 0.25) is 0 Å². The van der Waals surface area contributed by atoms with Crippen molar-refractivity contribution in [3.8, 4) is 0 Å². The molecule has 0 aromatic carbocycles.